The van der Waals surface area contributed by atoms with Crippen LogP contribution in [0, 0.1) is 13.8 Å². The molecular formula is C31H27ClN4O4S. The molecule has 1 aliphatic rings. The number of benzene rings is 2. The van der Waals surface area contributed by atoms with E-state index in [2.05, 4.69) is 16.9 Å². The Morgan fingerprint density at radius 3 is 2.61 bits per heavy atom. The number of pyridine rings is 1. The third-order valence-electron chi connectivity index (χ3n) is 7.26. The lowest BCUT2D eigenvalue weighted by molar-refractivity contribution is -0.132. The molecule has 2 aromatic carbocycles. The van der Waals surface area contributed by atoms with E-state index in [9.17, 15) is 14.7 Å². The first-order valence-electron chi connectivity index (χ1n) is 13.3. The normalized spacial score (nSPS) is 16.8. The van der Waals surface area contributed by atoms with Gasteiger partial charge in [-0.05, 0) is 67.8 Å². The average Bonchev–Trinajstić information content (AvgIpc) is 3.61. The molecule has 1 N–H and O–H groups in total. The molecule has 8 nitrogen and oxygen atoms in total. The van der Waals surface area contributed by atoms with Gasteiger partial charge in [0.15, 0.2) is 10.9 Å². The molecule has 6 rings (SSSR count). The number of ether oxygens (including phenoxy) is 1. The number of Topliss-reactive ketones (excluding diaryl/α,β-unsaturated/α-hetero) is 1. The van der Waals surface area contributed by atoms with Gasteiger partial charge in [-0.1, -0.05) is 54.5 Å². The van der Waals surface area contributed by atoms with Crippen molar-refractivity contribution in [2.45, 2.75) is 39.7 Å². The van der Waals surface area contributed by atoms with E-state index in [0.29, 0.717) is 44.9 Å². The molecule has 1 fully saturated rings. The fraction of sp³-hybridized carbons (Fsp3) is 0.226. The molecule has 3 aromatic heterocycles. The van der Waals surface area contributed by atoms with Crippen LogP contribution in [0.3, 0.4) is 0 Å². The highest BCUT2D eigenvalue weighted by molar-refractivity contribution is 7.22. The first-order valence-corrected chi connectivity index (χ1v) is 14.5. The predicted octanol–water partition coefficient (Wildman–Crippen LogP) is 7.02. The molecule has 208 valence electrons. The van der Waals surface area contributed by atoms with E-state index >= 15 is 0 Å². The number of carbonyl (C=O) groups is 2. The first kappa shape index (κ1) is 27.0. The van der Waals surface area contributed by atoms with Crippen molar-refractivity contribution < 1.29 is 19.4 Å². The Kier molecular flexibility index (Phi) is 7.01. The zero-order valence-electron chi connectivity index (χ0n) is 22.7. The maximum Gasteiger partial charge on any atom is 0.301 e. The molecule has 4 heterocycles. The van der Waals surface area contributed by atoms with E-state index in [0.717, 1.165) is 23.1 Å². The van der Waals surface area contributed by atoms with Crippen LogP contribution in [0.2, 0.25) is 5.02 Å². The highest BCUT2D eigenvalue weighted by Crippen LogP contribution is 2.45. The highest BCUT2D eigenvalue weighted by Gasteiger charge is 2.48. The van der Waals surface area contributed by atoms with Gasteiger partial charge in [0.1, 0.15) is 17.1 Å². The van der Waals surface area contributed by atoms with Crippen molar-refractivity contribution in [3.8, 4) is 5.75 Å². The van der Waals surface area contributed by atoms with Crippen LogP contribution >= 0.6 is 22.9 Å². The summed E-state index contributed by atoms with van der Waals surface area (Å²) >= 11 is 7.46. The molecule has 0 spiro atoms. The van der Waals surface area contributed by atoms with Crippen LogP contribution in [0.25, 0.3) is 21.6 Å². The minimum absolute atomic E-state index is 0.0453. The zero-order chi connectivity index (χ0) is 28.8. The first-order chi connectivity index (χ1) is 19.8. The zero-order valence-corrected chi connectivity index (χ0v) is 24.3. The second kappa shape index (κ2) is 10.6. The number of rotatable bonds is 7. The lowest BCUT2D eigenvalue weighted by atomic mass is 9.96. The third-order valence-corrected chi connectivity index (χ3v) is 8.51. The largest absolute Gasteiger partial charge is 0.505 e. The Hall–Kier alpha value is -4.21. The minimum Gasteiger partial charge on any atom is -0.505 e. The summed E-state index contributed by atoms with van der Waals surface area (Å²) < 4.78 is 8.46. The Bertz CT molecular complexity index is 1860. The number of thiazole rings is 1. The van der Waals surface area contributed by atoms with Crippen molar-refractivity contribution in [2.24, 2.45) is 0 Å². The summed E-state index contributed by atoms with van der Waals surface area (Å²) in [6, 6.07) is 15.4. The molecule has 1 amide bonds. The molecule has 5 aromatic rings. The molecule has 41 heavy (non-hydrogen) atoms. The van der Waals surface area contributed by atoms with Crippen LogP contribution in [0.1, 0.15) is 48.3 Å². The van der Waals surface area contributed by atoms with Gasteiger partial charge in [0, 0.05) is 11.2 Å². The second-order valence-electron chi connectivity index (χ2n) is 9.98. The number of hydrogen-bond acceptors (Lipinski definition) is 7. The number of halogens is 1. The van der Waals surface area contributed by atoms with Gasteiger partial charge in [-0.15, -0.1) is 0 Å². The predicted molar refractivity (Wildman–Crippen MR) is 161 cm³/mol. The summed E-state index contributed by atoms with van der Waals surface area (Å²) in [6.45, 7) is 6.43. The van der Waals surface area contributed by atoms with Crippen LogP contribution < -0.4 is 9.64 Å². The fourth-order valence-electron chi connectivity index (χ4n) is 5.09. The number of ketones is 1. The molecule has 1 unspecified atom stereocenters. The Morgan fingerprint density at radius 1 is 1.10 bits per heavy atom. The van der Waals surface area contributed by atoms with Crippen LogP contribution in [0.5, 0.6) is 5.75 Å². The average molecular weight is 587 g/mol. The number of anilines is 1. The van der Waals surface area contributed by atoms with Crippen LogP contribution in [-0.2, 0) is 9.59 Å². The summed E-state index contributed by atoms with van der Waals surface area (Å²) in [5.41, 5.74) is 3.71. The van der Waals surface area contributed by atoms with E-state index in [-0.39, 0.29) is 17.0 Å². The number of fused-ring (bicyclic) bond motifs is 2. The molecule has 1 atom stereocenters. The Morgan fingerprint density at radius 2 is 1.88 bits per heavy atom. The third kappa shape index (κ3) is 4.65. The molecular weight excluding hydrogens is 560 g/mol. The van der Waals surface area contributed by atoms with E-state index < -0.39 is 17.7 Å². The molecule has 1 aliphatic heterocycles. The topological polar surface area (TPSA) is 97.0 Å². The standard InChI is InChI=1S/C31H27ClN4O4S/c1-4-5-15-40-21-11-8-19(9-12-21)26-24(27(37)25-18(3)35-14-6-7-17(2)29(35)34-25)28(38)30(39)36(26)31-33-22-13-10-20(32)16-23(22)41-31/h6-14,16,26,37H,4-5,15H2,1-3H3. The summed E-state index contributed by atoms with van der Waals surface area (Å²) in [5.74, 6) is -1.23. The SMILES string of the molecule is CCCCOc1ccc(C2C(=C(O)c3nc4c(C)cccn4c3C)C(=O)C(=O)N2c2nc3ccc(Cl)cc3s2)cc1. The van der Waals surface area contributed by atoms with Crippen molar-refractivity contribution in [3.63, 3.8) is 0 Å². The van der Waals surface area contributed by atoms with Gasteiger partial charge in [-0.3, -0.25) is 14.5 Å². The van der Waals surface area contributed by atoms with Gasteiger partial charge in [0.05, 0.1) is 34.1 Å². The van der Waals surface area contributed by atoms with E-state index in [1.165, 1.54) is 16.2 Å². The monoisotopic (exact) mass is 586 g/mol. The summed E-state index contributed by atoms with van der Waals surface area (Å²) in [4.78, 5) is 38.0. The number of aromatic nitrogens is 3. The van der Waals surface area contributed by atoms with E-state index in [4.69, 9.17) is 16.3 Å². The number of unbranched alkanes of at least 4 members (excludes halogenated alkanes) is 1. The number of nitrogens with zero attached hydrogens (tertiary/aromatic N) is 4. The minimum atomic E-state index is -0.930. The number of aliphatic hydroxyl groups excluding tert-OH is 1. The summed E-state index contributed by atoms with van der Waals surface area (Å²) in [5, 5.41) is 12.6. The quantitative estimate of drug-likeness (QED) is 0.0952. The molecule has 0 bridgehead atoms. The van der Waals surface area contributed by atoms with Gasteiger partial charge in [-0.25, -0.2) is 9.97 Å². The molecule has 10 heteroatoms. The van der Waals surface area contributed by atoms with Crippen molar-refractivity contribution >= 4 is 61.4 Å². The number of aryl methyl sites for hydroxylation is 2. The Balaban J connectivity index is 1.52. The van der Waals surface area contributed by atoms with Crippen molar-refractivity contribution in [1.82, 2.24) is 14.4 Å². The van der Waals surface area contributed by atoms with Gasteiger partial charge < -0.3 is 14.2 Å². The maximum atomic E-state index is 13.7. The molecule has 1 saturated heterocycles. The lowest BCUT2D eigenvalue weighted by Crippen LogP contribution is -2.29. The lowest BCUT2D eigenvalue weighted by Gasteiger charge is -2.23. The van der Waals surface area contributed by atoms with Crippen molar-refractivity contribution in [1.29, 1.82) is 0 Å². The second-order valence-corrected chi connectivity index (χ2v) is 11.4. The number of amides is 1. The van der Waals surface area contributed by atoms with Gasteiger partial charge >= 0.3 is 5.91 Å². The van der Waals surface area contributed by atoms with Crippen LogP contribution in [0.15, 0.2) is 66.4 Å². The number of aliphatic hydroxyl groups is 1. The summed E-state index contributed by atoms with van der Waals surface area (Å²) in [6.07, 6.45) is 3.80. The maximum absolute atomic E-state index is 13.7. The Labute approximate surface area is 245 Å². The highest BCUT2D eigenvalue weighted by atomic mass is 35.5. The van der Waals surface area contributed by atoms with E-state index in [1.54, 1.807) is 18.2 Å². The number of imidazole rings is 1. The van der Waals surface area contributed by atoms with E-state index in [1.807, 2.05) is 60.8 Å². The van der Waals surface area contributed by atoms with Gasteiger partial charge in [-0.2, -0.15) is 0 Å². The van der Waals surface area contributed by atoms with Crippen LogP contribution in [-0.4, -0.2) is 37.8 Å². The van der Waals surface area contributed by atoms with Crippen molar-refractivity contribution in [2.75, 3.05) is 11.5 Å². The van der Waals surface area contributed by atoms with Crippen molar-refractivity contribution in [3.05, 3.63) is 93.9 Å². The molecule has 0 saturated carbocycles. The van der Waals surface area contributed by atoms with Gasteiger partial charge in [0.25, 0.3) is 5.78 Å². The van der Waals surface area contributed by atoms with Gasteiger partial charge in [0.2, 0.25) is 0 Å². The smallest absolute Gasteiger partial charge is 0.301 e. The molecule has 0 aliphatic carbocycles. The number of carbonyl (C=O) groups excluding carboxylic acids is 2. The fourth-order valence-corrected chi connectivity index (χ4v) is 6.36. The molecule has 0 radical (unpaired) electrons. The van der Waals surface area contributed by atoms with Crippen LogP contribution in [0.4, 0.5) is 5.13 Å². The number of hydrogen-bond donors (Lipinski definition) is 1. The summed E-state index contributed by atoms with van der Waals surface area (Å²) in [7, 11) is 0.